The Kier molecular flexibility index (Phi) is 3.96. The molecule has 112 valence electrons. The molecule has 0 atom stereocenters. The van der Waals surface area contributed by atoms with E-state index in [9.17, 15) is 36.5 Å². The van der Waals surface area contributed by atoms with Crippen LogP contribution in [0.1, 0.15) is 0 Å². The molecular weight excluding hydrogens is 300 g/mol. The summed E-state index contributed by atoms with van der Waals surface area (Å²) < 4.78 is 77.0. The molecule has 0 aliphatic rings. The third-order valence-electron chi connectivity index (χ3n) is 1.85. The molecule has 0 saturated heterocycles. The average molecular weight is 305 g/mol. The highest BCUT2D eigenvalue weighted by atomic mass is 19.4. The summed E-state index contributed by atoms with van der Waals surface area (Å²) in [5.41, 5.74) is 4.18. The molecule has 12 heteroatoms. The zero-order valence-electron chi connectivity index (χ0n) is 9.20. The van der Waals surface area contributed by atoms with Gasteiger partial charge in [-0.3, -0.25) is 10.1 Å². The fourth-order valence-corrected chi connectivity index (χ4v) is 1.12. The molecule has 0 fully saturated rings. The lowest BCUT2D eigenvalue weighted by Crippen LogP contribution is -2.46. The van der Waals surface area contributed by atoms with Crippen molar-refractivity contribution in [2.24, 2.45) is 0 Å². The topological polar surface area (TPSA) is 91.3 Å². The Morgan fingerprint density at radius 3 is 2.10 bits per heavy atom. The maximum Gasteiger partial charge on any atom is 0.434 e. The van der Waals surface area contributed by atoms with E-state index in [2.05, 4.69) is 9.72 Å². The number of ether oxygens (including phenoxy) is 1. The van der Waals surface area contributed by atoms with Crippen LogP contribution in [0.25, 0.3) is 0 Å². The summed E-state index contributed by atoms with van der Waals surface area (Å²) in [6.07, 6.45) is -15.7. The van der Waals surface area contributed by atoms with Gasteiger partial charge in [0.1, 0.15) is 5.82 Å². The molecule has 0 aliphatic carbocycles. The van der Waals surface area contributed by atoms with Gasteiger partial charge in [0.25, 0.3) is 11.8 Å². The number of nitro groups is 1. The predicted octanol–water partition coefficient (Wildman–Crippen LogP) is 2.44. The number of alkyl halides is 6. The average Bonchev–Trinajstić information content (AvgIpc) is 2.22. The van der Waals surface area contributed by atoms with E-state index in [1.54, 1.807) is 0 Å². The standard InChI is InChI=1S/C8H5F6N3O3/c9-7(10,11)6(8(12,13)14)20-5-2-3(17(18)19)1-4(15)16-5/h1-2,6H,(H2,15,16). The molecule has 6 nitrogen and oxygen atoms in total. The molecule has 0 spiro atoms. The van der Waals surface area contributed by atoms with E-state index in [0.29, 0.717) is 12.1 Å². The molecule has 1 aromatic heterocycles. The molecule has 0 amide bonds. The van der Waals surface area contributed by atoms with Crippen LogP contribution in [0.15, 0.2) is 12.1 Å². The van der Waals surface area contributed by atoms with Crippen molar-refractivity contribution >= 4 is 11.5 Å². The third kappa shape index (κ3) is 3.86. The Morgan fingerprint density at radius 1 is 1.20 bits per heavy atom. The maximum atomic E-state index is 12.2. The van der Waals surface area contributed by atoms with Crippen LogP contribution in [0.4, 0.5) is 37.8 Å². The summed E-state index contributed by atoms with van der Waals surface area (Å²) in [5.74, 6) is -1.91. The van der Waals surface area contributed by atoms with E-state index in [1.165, 1.54) is 0 Å². The van der Waals surface area contributed by atoms with Gasteiger partial charge < -0.3 is 10.5 Å². The second kappa shape index (κ2) is 5.02. The number of hydrogen-bond donors (Lipinski definition) is 1. The molecule has 1 aromatic rings. The molecule has 2 N–H and O–H groups in total. The zero-order valence-corrected chi connectivity index (χ0v) is 9.20. The normalized spacial score (nSPS) is 12.6. The third-order valence-corrected chi connectivity index (χ3v) is 1.85. The van der Waals surface area contributed by atoms with Crippen molar-refractivity contribution in [1.29, 1.82) is 0 Å². The van der Waals surface area contributed by atoms with Gasteiger partial charge in [0.05, 0.1) is 17.1 Å². The summed E-state index contributed by atoms with van der Waals surface area (Å²) in [6, 6.07) is 0.962. The molecule has 0 aliphatic heterocycles. The number of hydrogen-bond acceptors (Lipinski definition) is 5. The number of rotatable bonds is 3. The monoisotopic (exact) mass is 305 g/mol. The van der Waals surface area contributed by atoms with Gasteiger partial charge in [0, 0.05) is 0 Å². The fraction of sp³-hybridized carbons (Fsp3) is 0.375. The van der Waals surface area contributed by atoms with Gasteiger partial charge in [-0.15, -0.1) is 0 Å². The van der Waals surface area contributed by atoms with Gasteiger partial charge >= 0.3 is 12.4 Å². The predicted molar refractivity (Wildman–Crippen MR) is 51.8 cm³/mol. The first-order valence-corrected chi connectivity index (χ1v) is 4.63. The van der Waals surface area contributed by atoms with Crippen LogP contribution in [0.2, 0.25) is 0 Å². The molecule has 0 saturated carbocycles. The van der Waals surface area contributed by atoms with E-state index < -0.39 is 40.8 Å². The number of pyridine rings is 1. The summed E-state index contributed by atoms with van der Waals surface area (Å²) >= 11 is 0. The molecule has 1 heterocycles. The molecule has 0 unspecified atom stereocenters. The smallest absolute Gasteiger partial charge is 0.434 e. The highest BCUT2D eigenvalue weighted by Crippen LogP contribution is 2.36. The van der Waals surface area contributed by atoms with E-state index in [-0.39, 0.29) is 0 Å². The number of nitrogen functional groups attached to an aromatic ring is 1. The minimum atomic E-state index is -5.76. The molecular formula is C8H5F6N3O3. The van der Waals surface area contributed by atoms with Crippen molar-refractivity contribution < 1.29 is 36.0 Å². The lowest BCUT2D eigenvalue weighted by molar-refractivity contribution is -0.385. The van der Waals surface area contributed by atoms with Gasteiger partial charge in [-0.25, -0.2) is 0 Å². The Morgan fingerprint density at radius 2 is 1.70 bits per heavy atom. The first kappa shape index (κ1) is 15.8. The van der Waals surface area contributed by atoms with Gasteiger partial charge in [-0.2, -0.15) is 31.3 Å². The molecule has 0 radical (unpaired) electrons. The zero-order chi connectivity index (χ0) is 15.7. The number of anilines is 1. The van der Waals surface area contributed by atoms with Crippen LogP contribution < -0.4 is 10.5 Å². The minimum absolute atomic E-state index is 0.306. The van der Waals surface area contributed by atoms with Gasteiger partial charge in [0.15, 0.2) is 0 Å². The van der Waals surface area contributed by atoms with Crippen LogP contribution in [-0.4, -0.2) is 28.4 Å². The minimum Gasteiger partial charge on any atom is -0.454 e. The first-order chi connectivity index (χ1) is 8.91. The lowest BCUT2D eigenvalue weighted by Gasteiger charge is -2.23. The molecule has 20 heavy (non-hydrogen) atoms. The van der Waals surface area contributed by atoms with Crippen LogP contribution in [0.3, 0.4) is 0 Å². The Hall–Kier alpha value is -2.27. The SMILES string of the molecule is Nc1cc([N+](=O)[O-])cc(OC(C(F)(F)F)C(F)(F)F)n1. The van der Waals surface area contributed by atoms with Crippen LogP contribution in [0.5, 0.6) is 5.88 Å². The molecule has 0 aromatic carbocycles. The number of nitrogens with two attached hydrogens (primary N) is 1. The van der Waals surface area contributed by atoms with Crippen molar-refractivity contribution in [1.82, 2.24) is 4.98 Å². The van der Waals surface area contributed by atoms with Crippen molar-refractivity contribution in [3.05, 3.63) is 22.2 Å². The van der Waals surface area contributed by atoms with Crippen molar-refractivity contribution in [2.75, 3.05) is 5.73 Å². The first-order valence-electron chi connectivity index (χ1n) is 4.63. The van der Waals surface area contributed by atoms with E-state index in [1.807, 2.05) is 0 Å². The van der Waals surface area contributed by atoms with E-state index >= 15 is 0 Å². The lowest BCUT2D eigenvalue weighted by atomic mass is 10.3. The van der Waals surface area contributed by atoms with Crippen molar-refractivity contribution in [3.63, 3.8) is 0 Å². The van der Waals surface area contributed by atoms with Gasteiger partial charge in [0.2, 0.25) is 5.88 Å². The largest absolute Gasteiger partial charge is 0.454 e. The van der Waals surface area contributed by atoms with Crippen LogP contribution in [0, 0.1) is 10.1 Å². The Balaban J connectivity index is 3.15. The highest BCUT2D eigenvalue weighted by Gasteiger charge is 2.59. The van der Waals surface area contributed by atoms with Crippen LogP contribution >= 0.6 is 0 Å². The second-order valence-electron chi connectivity index (χ2n) is 3.43. The van der Waals surface area contributed by atoms with E-state index in [4.69, 9.17) is 5.73 Å². The van der Waals surface area contributed by atoms with E-state index in [0.717, 1.165) is 0 Å². The summed E-state index contributed by atoms with van der Waals surface area (Å²) in [6.45, 7) is 0. The summed E-state index contributed by atoms with van der Waals surface area (Å²) in [5, 5.41) is 10.4. The van der Waals surface area contributed by atoms with Crippen molar-refractivity contribution in [2.45, 2.75) is 18.5 Å². The fourth-order valence-electron chi connectivity index (χ4n) is 1.12. The number of halogens is 6. The Bertz CT molecular complexity index is 501. The maximum absolute atomic E-state index is 12.2. The quantitative estimate of drug-likeness (QED) is 0.526. The van der Waals surface area contributed by atoms with Gasteiger partial charge in [-0.1, -0.05) is 0 Å². The van der Waals surface area contributed by atoms with Gasteiger partial charge in [-0.05, 0) is 0 Å². The summed E-state index contributed by atoms with van der Waals surface area (Å²) in [4.78, 5) is 12.4. The van der Waals surface area contributed by atoms with Crippen LogP contribution in [-0.2, 0) is 0 Å². The summed E-state index contributed by atoms with van der Waals surface area (Å²) in [7, 11) is 0. The molecule has 0 bridgehead atoms. The highest BCUT2D eigenvalue weighted by molar-refractivity contribution is 5.45. The second-order valence-corrected chi connectivity index (χ2v) is 3.43. The number of nitrogens with zero attached hydrogens (tertiary/aromatic N) is 2. The Labute approximate surface area is 106 Å². The number of aromatic nitrogens is 1. The van der Waals surface area contributed by atoms with Crippen molar-refractivity contribution in [3.8, 4) is 5.88 Å². The molecule has 1 rings (SSSR count).